The van der Waals surface area contributed by atoms with Crippen LogP contribution >= 0.6 is 0 Å². The van der Waals surface area contributed by atoms with Crippen molar-refractivity contribution in [3.05, 3.63) is 0 Å². The summed E-state index contributed by atoms with van der Waals surface area (Å²) in [5.74, 6) is 2.28. The van der Waals surface area contributed by atoms with Gasteiger partial charge in [-0.05, 0) is 42.3 Å². The fourth-order valence-electron chi connectivity index (χ4n) is 3.90. The van der Waals surface area contributed by atoms with Gasteiger partial charge in [0.1, 0.15) is 0 Å². The van der Waals surface area contributed by atoms with Crippen molar-refractivity contribution in [3.63, 3.8) is 0 Å². The van der Waals surface area contributed by atoms with E-state index in [4.69, 9.17) is 9.31 Å². The Bertz CT molecular complexity index is 290. The molecule has 4 aliphatic rings. The van der Waals surface area contributed by atoms with Crippen molar-refractivity contribution >= 4 is 7.12 Å². The summed E-state index contributed by atoms with van der Waals surface area (Å²) in [5.41, 5.74) is 0.497. The first kappa shape index (κ1) is 11.1. The zero-order chi connectivity index (χ0) is 11.5. The highest BCUT2D eigenvalue weighted by Crippen LogP contribution is 2.61. The summed E-state index contributed by atoms with van der Waals surface area (Å²) in [5, 5.41) is 0. The average Bonchev–Trinajstić information content (AvgIpc) is 2.57. The van der Waals surface area contributed by atoms with Crippen LogP contribution in [-0.4, -0.2) is 19.3 Å². The second-order valence-corrected chi connectivity index (χ2v) is 6.93. The van der Waals surface area contributed by atoms with Crippen LogP contribution in [0, 0.1) is 23.2 Å². The topological polar surface area (TPSA) is 18.5 Å². The van der Waals surface area contributed by atoms with Crippen LogP contribution in [0.3, 0.4) is 0 Å². The first-order chi connectivity index (χ1) is 7.48. The highest BCUT2D eigenvalue weighted by molar-refractivity contribution is 6.45. The summed E-state index contributed by atoms with van der Waals surface area (Å²) in [7, 11) is 0.0742. The van der Waals surface area contributed by atoms with Gasteiger partial charge in [-0.15, -0.1) is 0 Å². The maximum Gasteiger partial charge on any atom is 0.457 e. The van der Waals surface area contributed by atoms with Gasteiger partial charge in [0, 0.05) is 0 Å². The smallest absolute Gasteiger partial charge is 0.406 e. The number of hydrogen-bond donors (Lipinski definition) is 0. The molecular formula is C13H23BO2. The normalized spacial score (nSPS) is 44.4. The third kappa shape index (κ3) is 1.47. The largest absolute Gasteiger partial charge is 0.457 e. The highest BCUT2D eigenvalue weighted by Gasteiger charge is 2.61. The van der Waals surface area contributed by atoms with Gasteiger partial charge in [0.15, 0.2) is 0 Å². The molecule has 3 heteroatoms. The van der Waals surface area contributed by atoms with Crippen molar-refractivity contribution in [1.29, 1.82) is 0 Å². The Hall–Kier alpha value is -0.0151. The Kier molecular flexibility index (Phi) is 2.42. The van der Waals surface area contributed by atoms with E-state index in [1.54, 1.807) is 0 Å². The zero-order valence-corrected chi connectivity index (χ0v) is 10.9. The molecule has 0 aromatic rings. The molecular weight excluding hydrogens is 199 g/mol. The van der Waals surface area contributed by atoms with Crippen molar-refractivity contribution < 1.29 is 9.31 Å². The molecule has 4 atom stereocenters. The fourth-order valence-corrected chi connectivity index (χ4v) is 3.90. The van der Waals surface area contributed by atoms with Crippen LogP contribution in [0.1, 0.15) is 40.5 Å². The summed E-state index contributed by atoms with van der Waals surface area (Å²) in [6.45, 7) is 9.28. The first-order valence-electron chi connectivity index (χ1n) is 6.79. The second-order valence-electron chi connectivity index (χ2n) is 6.93. The van der Waals surface area contributed by atoms with E-state index in [0.29, 0.717) is 23.5 Å². The molecule has 0 aromatic heterocycles. The molecule has 3 aliphatic carbocycles. The molecule has 0 amide bonds. The van der Waals surface area contributed by atoms with Crippen molar-refractivity contribution in [2.45, 2.75) is 59.1 Å². The molecule has 0 radical (unpaired) electrons. The molecule has 16 heavy (non-hydrogen) atoms. The third-order valence-electron chi connectivity index (χ3n) is 5.13. The molecule has 1 unspecified atom stereocenters. The Labute approximate surface area is 99.2 Å². The van der Waals surface area contributed by atoms with Crippen molar-refractivity contribution in [1.82, 2.24) is 0 Å². The molecule has 2 bridgehead atoms. The molecule has 1 heterocycles. The first-order valence-corrected chi connectivity index (χ1v) is 6.79. The van der Waals surface area contributed by atoms with Gasteiger partial charge in [-0.3, -0.25) is 0 Å². The fraction of sp³-hybridized carbons (Fsp3) is 1.00. The van der Waals surface area contributed by atoms with E-state index in [-0.39, 0.29) is 7.12 Å². The SMILES string of the molecule is CC(C)CB1O[C@@H]2[C@@H](CC3C[C@@H]2C3(C)C)O1. The Morgan fingerprint density at radius 1 is 1.25 bits per heavy atom. The molecule has 2 nitrogen and oxygen atoms in total. The van der Waals surface area contributed by atoms with Crippen molar-refractivity contribution in [3.8, 4) is 0 Å². The Morgan fingerprint density at radius 3 is 2.62 bits per heavy atom. The van der Waals surface area contributed by atoms with Gasteiger partial charge in [-0.2, -0.15) is 0 Å². The van der Waals surface area contributed by atoms with Crippen LogP contribution in [0.2, 0.25) is 6.32 Å². The molecule has 4 rings (SSSR count). The molecule has 4 fully saturated rings. The average molecular weight is 222 g/mol. The molecule has 1 aliphatic heterocycles. The van der Waals surface area contributed by atoms with Gasteiger partial charge in [-0.25, -0.2) is 0 Å². The van der Waals surface area contributed by atoms with E-state index in [0.717, 1.165) is 18.2 Å². The lowest BCUT2D eigenvalue weighted by Crippen LogP contribution is -2.59. The zero-order valence-electron chi connectivity index (χ0n) is 10.9. The molecule has 3 saturated carbocycles. The standard InChI is InChI=1S/C13H23BO2/c1-8(2)7-14-15-11-6-9-5-10(12(11)16-14)13(9,3)4/h8-12H,5-7H2,1-4H3/t9?,10-,11+,12-/m0/s1. The maximum atomic E-state index is 6.14. The molecule has 1 saturated heterocycles. The van der Waals surface area contributed by atoms with E-state index in [9.17, 15) is 0 Å². The molecule has 90 valence electrons. The van der Waals surface area contributed by atoms with E-state index in [2.05, 4.69) is 27.7 Å². The summed E-state index contributed by atoms with van der Waals surface area (Å²) in [4.78, 5) is 0. The number of hydrogen-bond acceptors (Lipinski definition) is 2. The summed E-state index contributed by atoms with van der Waals surface area (Å²) in [6.07, 6.45) is 4.43. The van der Waals surface area contributed by atoms with Crippen LogP contribution < -0.4 is 0 Å². The number of rotatable bonds is 2. The van der Waals surface area contributed by atoms with Crippen LogP contribution in [0.15, 0.2) is 0 Å². The van der Waals surface area contributed by atoms with E-state index in [1.165, 1.54) is 12.8 Å². The minimum atomic E-state index is 0.0742. The van der Waals surface area contributed by atoms with Crippen molar-refractivity contribution in [2.75, 3.05) is 0 Å². The minimum Gasteiger partial charge on any atom is -0.406 e. The minimum absolute atomic E-state index is 0.0742. The highest BCUT2D eigenvalue weighted by atomic mass is 16.7. The second kappa shape index (κ2) is 3.49. The molecule has 0 aromatic carbocycles. The van der Waals surface area contributed by atoms with E-state index >= 15 is 0 Å². The van der Waals surface area contributed by atoms with Crippen LogP contribution in [0.25, 0.3) is 0 Å². The van der Waals surface area contributed by atoms with Gasteiger partial charge in [0.25, 0.3) is 0 Å². The quantitative estimate of drug-likeness (QED) is 0.668. The predicted molar refractivity (Wildman–Crippen MR) is 65.1 cm³/mol. The summed E-state index contributed by atoms with van der Waals surface area (Å²) < 4.78 is 12.2. The monoisotopic (exact) mass is 222 g/mol. The van der Waals surface area contributed by atoms with E-state index in [1.807, 2.05) is 0 Å². The maximum absolute atomic E-state index is 6.14. The van der Waals surface area contributed by atoms with Gasteiger partial charge in [-0.1, -0.05) is 27.7 Å². The van der Waals surface area contributed by atoms with E-state index < -0.39 is 0 Å². The summed E-state index contributed by atoms with van der Waals surface area (Å²) in [6, 6.07) is 0. The van der Waals surface area contributed by atoms with Gasteiger partial charge in [0.2, 0.25) is 0 Å². The molecule has 0 spiro atoms. The van der Waals surface area contributed by atoms with Gasteiger partial charge >= 0.3 is 7.12 Å². The van der Waals surface area contributed by atoms with Crippen LogP contribution in [-0.2, 0) is 9.31 Å². The van der Waals surface area contributed by atoms with Gasteiger partial charge in [0.05, 0.1) is 12.2 Å². The summed E-state index contributed by atoms with van der Waals surface area (Å²) >= 11 is 0. The lowest BCUT2D eigenvalue weighted by molar-refractivity contribution is -0.150. The lowest BCUT2D eigenvalue weighted by Gasteiger charge is -2.60. The van der Waals surface area contributed by atoms with Crippen LogP contribution in [0.5, 0.6) is 0 Å². The van der Waals surface area contributed by atoms with Crippen LogP contribution in [0.4, 0.5) is 0 Å². The predicted octanol–water partition coefficient (Wildman–Crippen LogP) is 2.98. The lowest BCUT2D eigenvalue weighted by atomic mass is 9.47. The molecule has 0 N–H and O–H groups in total. The third-order valence-corrected chi connectivity index (χ3v) is 5.13. The Morgan fingerprint density at radius 2 is 2.00 bits per heavy atom. The Balaban J connectivity index is 1.68. The van der Waals surface area contributed by atoms with Gasteiger partial charge < -0.3 is 9.31 Å². The van der Waals surface area contributed by atoms with Crippen molar-refractivity contribution in [2.24, 2.45) is 23.2 Å².